The Morgan fingerprint density at radius 3 is 2.37 bits per heavy atom. The highest BCUT2D eigenvalue weighted by Gasteiger charge is 2.25. The summed E-state index contributed by atoms with van der Waals surface area (Å²) in [5.74, 6) is -3.14. The van der Waals surface area contributed by atoms with E-state index in [0.717, 1.165) is 29.5 Å². The molecule has 0 atom stereocenters. The molecule has 3 amide bonds. The van der Waals surface area contributed by atoms with Crippen LogP contribution in [-0.2, 0) is 4.79 Å². The summed E-state index contributed by atoms with van der Waals surface area (Å²) in [6.45, 7) is 3.23. The third kappa shape index (κ3) is 4.27. The van der Waals surface area contributed by atoms with Gasteiger partial charge in [-0.05, 0) is 18.2 Å². The number of halogens is 2. The summed E-state index contributed by atoms with van der Waals surface area (Å²) < 4.78 is 26.2. The first kappa shape index (κ1) is 18.9. The predicted molar refractivity (Wildman–Crippen MR) is 94.6 cm³/mol. The van der Waals surface area contributed by atoms with E-state index in [1.54, 1.807) is 9.80 Å². The number of nitrogens with one attached hydrogen (secondary N) is 1. The van der Waals surface area contributed by atoms with Crippen LogP contribution in [0.5, 0.6) is 0 Å². The highest BCUT2D eigenvalue weighted by molar-refractivity contribution is 7.14. The van der Waals surface area contributed by atoms with E-state index in [4.69, 9.17) is 0 Å². The van der Waals surface area contributed by atoms with Crippen LogP contribution in [0.2, 0.25) is 0 Å². The minimum absolute atomic E-state index is 0.0296. The highest BCUT2D eigenvalue weighted by atomic mass is 32.1. The Balaban J connectivity index is 1.62. The molecule has 0 unspecified atom stereocenters. The van der Waals surface area contributed by atoms with Gasteiger partial charge in [0, 0.05) is 44.0 Å². The number of thiazole rings is 1. The van der Waals surface area contributed by atoms with Gasteiger partial charge in [0.1, 0.15) is 5.69 Å². The second-order valence-electron chi connectivity index (χ2n) is 5.92. The first-order valence-electron chi connectivity index (χ1n) is 8.12. The van der Waals surface area contributed by atoms with Crippen molar-refractivity contribution < 1.29 is 23.2 Å². The highest BCUT2D eigenvalue weighted by Crippen LogP contribution is 2.19. The number of hydrogen-bond donors (Lipinski definition) is 1. The molecule has 2 aromatic rings. The van der Waals surface area contributed by atoms with Crippen LogP contribution in [0, 0.1) is 11.6 Å². The number of rotatable bonds is 3. The molecule has 1 saturated heterocycles. The molecule has 0 saturated carbocycles. The fraction of sp³-hybridized carbons (Fsp3) is 0.294. The molecule has 0 bridgehead atoms. The first-order valence-corrected chi connectivity index (χ1v) is 9.00. The second-order valence-corrected chi connectivity index (χ2v) is 6.78. The Labute approximate surface area is 157 Å². The molecule has 142 valence electrons. The molecule has 1 fully saturated rings. The van der Waals surface area contributed by atoms with E-state index < -0.39 is 17.5 Å². The molecule has 2 heterocycles. The van der Waals surface area contributed by atoms with Crippen molar-refractivity contribution in [1.82, 2.24) is 14.8 Å². The van der Waals surface area contributed by atoms with E-state index in [9.17, 15) is 23.2 Å². The smallest absolute Gasteiger partial charge is 0.273 e. The number of hydrogen-bond acceptors (Lipinski definition) is 5. The van der Waals surface area contributed by atoms with Gasteiger partial charge >= 0.3 is 0 Å². The summed E-state index contributed by atoms with van der Waals surface area (Å²) in [7, 11) is 0. The van der Waals surface area contributed by atoms with E-state index >= 15 is 0 Å². The van der Waals surface area contributed by atoms with Gasteiger partial charge in [0.15, 0.2) is 16.8 Å². The molecule has 1 aromatic carbocycles. The van der Waals surface area contributed by atoms with Crippen LogP contribution in [0.15, 0.2) is 23.6 Å². The Morgan fingerprint density at radius 1 is 1.07 bits per heavy atom. The zero-order chi connectivity index (χ0) is 19.6. The topological polar surface area (TPSA) is 82.6 Å². The van der Waals surface area contributed by atoms with Gasteiger partial charge in [0.05, 0.1) is 0 Å². The summed E-state index contributed by atoms with van der Waals surface area (Å²) in [6.07, 6.45) is 0. The van der Waals surface area contributed by atoms with Crippen LogP contribution in [0.25, 0.3) is 0 Å². The van der Waals surface area contributed by atoms with Crippen molar-refractivity contribution in [2.75, 3.05) is 31.5 Å². The van der Waals surface area contributed by atoms with Crippen molar-refractivity contribution in [2.45, 2.75) is 6.92 Å². The lowest BCUT2D eigenvalue weighted by Crippen LogP contribution is -2.50. The van der Waals surface area contributed by atoms with Crippen molar-refractivity contribution >= 4 is 34.2 Å². The zero-order valence-electron chi connectivity index (χ0n) is 14.4. The normalized spacial score (nSPS) is 14.2. The van der Waals surface area contributed by atoms with Gasteiger partial charge in [0.25, 0.3) is 11.8 Å². The monoisotopic (exact) mass is 394 g/mol. The number of benzene rings is 1. The van der Waals surface area contributed by atoms with Crippen LogP contribution in [0.4, 0.5) is 13.9 Å². The van der Waals surface area contributed by atoms with Crippen LogP contribution in [0.1, 0.15) is 27.8 Å². The predicted octanol–water partition coefficient (Wildman–Crippen LogP) is 1.98. The zero-order valence-corrected chi connectivity index (χ0v) is 15.2. The summed E-state index contributed by atoms with van der Waals surface area (Å²) in [5.41, 5.74) is 0.120. The van der Waals surface area contributed by atoms with E-state index in [-0.39, 0.29) is 28.2 Å². The van der Waals surface area contributed by atoms with E-state index in [0.29, 0.717) is 26.2 Å². The van der Waals surface area contributed by atoms with Gasteiger partial charge in [-0.15, -0.1) is 11.3 Å². The van der Waals surface area contributed by atoms with Crippen LogP contribution >= 0.6 is 11.3 Å². The minimum atomic E-state index is -1.12. The van der Waals surface area contributed by atoms with Crippen molar-refractivity contribution in [2.24, 2.45) is 0 Å². The molecule has 7 nitrogen and oxygen atoms in total. The maximum absolute atomic E-state index is 13.2. The molecule has 1 aromatic heterocycles. The lowest BCUT2D eigenvalue weighted by atomic mass is 10.2. The van der Waals surface area contributed by atoms with Crippen molar-refractivity contribution in [3.63, 3.8) is 0 Å². The van der Waals surface area contributed by atoms with Gasteiger partial charge < -0.3 is 9.80 Å². The lowest BCUT2D eigenvalue weighted by molar-refractivity contribution is -0.130. The van der Waals surface area contributed by atoms with E-state index in [1.807, 2.05) is 0 Å². The Morgan fingerprint density at radius 2 is 1.74 bits per heavy atom. The third-order valence-corrected chi connectivity index (χ3v) is 4.90. The molecule has 0 spiro atoms. The van der Waals surface area contributed by atoms with Crippen LogP contribution < -0.4 is 5.32 Å². The number of carbonyl (C=O) groups excluding carboxylic acids is 3. The molecule has 0 aliphatic carbocycles. The van der Waals surface area contributed by atoms with Gasteiger partial charge in [-0.25, -0.2) is 13.8 Å². The lowest BCUT2D eigenvalue weighted by Gasteiger charge is -2.33. The second kappa shape index (κ2) is 7.78. The number of anilines is 1. The average Bonchev–Trinajstić information content (AvgIpc) is 3.11. The van der Waals surface area contributed by atoms with Gasteiger partial charge in [-0.1, -0.05) is 0 Å². The van der Waals surface area contributed by atoms with Gasteiger partial charge in [-0.3, -0.25) is 19.7 Å². The molecular formula is C17H16F2N4O3S. The minimum Gasteiger partial charge on any atom is -0.339 e. The Kier molecular flexibility index (Phi) is 5.45. The third-order valence-electron chi connectivity index (χ3n) is 4.14. The maximum atomic E-state index is 13.2. The van der Waals surface area contributed by atoms with Crippen molar-refractivity contribution in [3.05, 3.63) is 46.5 Å². The molecule has 0 radical (unpaired) electrons. The Hall–Kier alpha value is -2.88. The number of piperazine rings is 1. The standard InChI is InChI=1S/C17H16F2N4O3S/c1-10(24)22-4-6-23(7-5-22)16(26)14-9-27-17(20-14)21-15(25)11-2-3-12(18)13(19)8-11/h2-3,8-9H,4-7H2,1H3,(H,20,21,25). The average molecular weight is 394 g/mol. The quantitative estimate of drug-likeness (QED) is 0.863. The van der Waals surface area contributed by atoms with Gasteiger partial charge in [-0.2, -0.15) is 0 Å². The first-order chi connectivity index (χ1) is 12.8. The molecule has 1 aliphatic heterocycles. The molecule has 27 heavy (non-hydrogen) atoms. The van der Waals surface area contributed by atoms with Crippen molar-refractivity contribution in [1.29, 1.82) is 0 Å². The van der Waals surface area contributed by atoms with E-state index in [1.165, 1.54) is 12.3 Å². The summed E-state index contributed by atoms with van der Waals surface area (Å²) in [5, 5.41) is 4.15. The summed E-state index contributed by atoms with van der Waals surface area (Å²) in [6, 6.07) is 2.81. The number of amides is 3. The fourth-order valence-corrected chi connectivity index (χ4v) is 3.30. The molecule has 3 rings (SSSR count). The van der Waals surface area contributed by atoms with Crippen LogP contribution in [-0.4, -0.2) is 58.7 Å². The molecular weight excluding hydrogens is 378 g/mol. The molecule has 10 heteroatoms. The van der Waals surface area contributed by atoms with E-state index in [2.05, 4.69) is 10.3 Å². The summed E-state index contributed by atoms with van der Waals surface area (Å²) >= 11 is 1.05. The Bertz CT molecular complexity index is 894. The number of aromatic nitrogens is 1. The molecule has 1 N–H and O–H groups in total. The molecule has 1 aliphatic rings. The number of carbonyl (C=O) groups is 3. The summed E-state index contributed by atoms with van der Waals surface area (Å²) in [4.78, 5) is 43.3. The van der Waals surface area contributed by atoms with Gasteiger partial charge in [0.2, 0.25) is 5.91 Å². The fourth-order valence-electron chi connectivity index (χ4n) is 2.62. The van der Waals surface area contributed by atoms with Crippen molar-refractivity contribution in [3.8, 4) is 0 Å². The largest absolute Gasteiger partial charge is 0.339 e. The van der Waals surface area contributed by atoms with Crippen LogP contribution in [0.3, 0.4) is 0 Å². The SMILES string of the molecule is CC(=O)N1CCN(C(=O)c2csc(NC(=O)c3ccc(F)c(F)c3)n2)CC1. The number of nitrogens with zero attached hydrogens (tertiary/aromatic N) is 3. The maximum Gasteiger partial charge on any atom is 0.273 e.